The van der Waals surface area contributed by atoms with Gasteiger partial charge in [0.2, 0.25) is 0 Å². The van der Waals surface area contributed by atoms with Crippen molar-refractivity contribution in [1.29, 1.82) is 0 Å². The maximum atomic E-state index is 5.26. The Morgan fingerprint density at radius 2 is 2.13 bits per heavy atom. The van der Waals surface area contributed by atoms with Gasteiger partial charge in [-0.3, -0.25) is 0 Å². The SMILES string of the molecule is COc1ccccc1NCc1ccsc1. The average molecular weight is 219 g/mol. The zero-order valence-electron chi connectivity index (χ0n) is 8.57. The third-order valence-electron chi connectivity index (χ3n) is 2.17. The maximum absolute atomic E-state index is 5.26. The van der Waals surface area contributed by atoms with Crippen LogP contribution in [0.2, 0.25) is 0 Å². The van der Waals surface area contributed by atoms with E-state index in [0.717, 1.165) is 18.0 Å². The number of thiophene rings is 1. The predicted octanol–water partition coefficient (Wildman–Crippen LogP) is 3.37. The van der Waals surface area contributed by atoms with Gasteiger partial charge in [0.25, 0.3) is 0 Å². The van der Waals surface area contributed by atoms with Crippen molar-refractivity contribution in [1.82, 2.24) is 0 Å². The molecule has 0 aliphatic carbocycles. The minimum atomic E-state index is 0.837. The molecule has 0 fully saturated rings. The first kappa shape index (κ1) is 10.1. The van der Waals surface area contributed by atoms with Crippen LogP contribution in [0.25, 0.3) is 0 Å². The van der Waals surface area contributed by atoms with Crippen LogP contribution < -0.4 is 10.1 Å². The largest absolute Gasteiger partial charge is 0.495 e. The number of methoxy groups -OCH3 is 1. The standard InChI is InChI=1S/C12H13NOS/c1-14-12-5-3-2-4-11(12)13-8-10-6-7-15-9-10/h2-7,9,13H,8H2,1H3. The fraction of sp³-hybridized carbons (Fsp3) is 0.167. The van der Waals surface area contributed by atoms with Crippen molar-refractivity contribution >= 4 is 17.0 Å². The van der Waals surface area contributed by atoms with E-state index in [-0.39, 0.29) is 0 Å². The zero-order valence-corrected chi connectivity index (χ0v) is 9.38. The Balaban J connectivity index is 2.04. The number of hydrogen-bond donors (Lipinski definition) is 1. The van der Waals surface area contributed by atoms with E-state index in [4.69, 9.17) is 4.74 Å². The van der Waals surface area contributed by atoms with Crippen LogP contribution in [0.1, 0.15) is 5.56 Å². The molecule has 1 aromatic carbocycles. The normalized spacial score (nSPS) is 9.93. The Morgan fingerprint density at radius 3 is 2.87 bits per heavy atom. The van der Waals surface area contributed by atoms with Gasteiger partial charge in [-0.2, -0.15) is 11.3 Å². The molecule has 0 spiro atoms. The van der Waals surface area contributed by atoms with Gasteiger partial charge in [0.15, 0.2) is 0 Å². The highest BCUT2D eigenvalue weighted by molar-refractivity contribution is 7.07. The summed E-state index contributed by atoms with van der Waals surface area (Å²) in [5, 5.41) is 7.57. The van der Waals surface area contributed by atoms with E-state index >= 15 is 0 Å². The molecule has 1 heterocycles. The van der Waals surface area contributed by atoms with Gasteiger partial charge >= 0.3 is 0 Å². The van der Waals surface area contributed by atoms with Gasteiger partial charge in [0.1, 0.15) is 5.75 Å². The molecule has 2 aromatic rings. The molecule has 2 nitrogen and oxygen atoms in total. The van der Waals surface area contributed by atoms with Crippen molar-refractivity contribution < 1.29 is 4.74 Å². The molecule has 0 amide bonds. The van der Waals surface area contributed by atoms with E-state index in [1.54, 1.807) is 18.4 Å². The first-order chi connectivity index (χ1) is 7.40. The molecule has 1 aromatic heterocycles. The molecule has 1 N–H and O–H groups in total. The zero-order chi connectivity index (χ0) is 10.5. The lowest BCUT2D eigenvalue weighted by molar-refractivity contribution is 0.416. The molecule has 78 valence electrons. The lowest BCUT2D eigenvalue weighted by Crippen LogP contribution is -1.99. The average Bonchev–Trinajstić information content (AvgIpc) is 2.79. The van der Waals surface area contributed by atoms with E-state index < -0.39 is 0 Å². The lowest BCUT2D eigenvalue weighted by Gasteiger charge is -2.09. The molecule has 3 heteroatoms. The summed E-state index contributed by atoms with van der Waals surface area (Å²) in [4.78, 5) is 0. The second-order valence-corrected chi connectivity index (χ2v) is 3.97. The van der Waals surface area contributed by atoms with Crippen LogP contribution in [-0.4, -0.2) is 7.11 Å². The molecule has 0 unspecified atom stereocenters. The first-order valence-corrected chi connectivity index (χ1v) is 5.72. The summed E-state index contributed by atoms with van der Waals surface area (Å²) < 4.78 is 5.26. The number of rotatable bonds is 4. The molecular weight excluding hydrogens is 206 g/mol. The van der Waals surface area contributed by atoms with Crippen LogP contribution in [0, 0.1) is 0 Å². The molecule has 0 saturated carbocycles. The van der Waals surface area contributed by atoms with Crippen molar-refractivity contribution in [2.75, 3.05) is 12.4 Å². The Kier molecular flexibility index (Phi) is 3.25. The second kappa shape index (κ2) is 4.84. The number of nitrogens with one attached hydrogen (secondary N) is 1. The molecule has 15 heavy (non-hydrogen) atoms. The lowest BCUT2D eigenvalue weighted by atomic mass is 10.2. The highest BCUT2D eigenvalue weighted by Gasteiger charge is 2.00. The number of para-hydroxylation sites is 2. The Labute approximate surface area is 93.5 Å². The van der Waals surface area contributed by atoms with Crippen LogP contribution in [-0.2, 0) is 6.54 Å². The molecule has 0 radical (unpaired) electrons. The number of anilines is 1. The third-order valence-corrected chi connectivity index (χ3v) is 2.90. The monoisotopic (exact) mass is 219 g/mol. The number of ether oxygens (including phenoxy) is 1. The summed E-state index contributed by atoms with van der Waals surface area (Å²) in [6.07, 6.45) is 0. The molecule has 0 atom stereocenters. The summed E-state index contributed by atoms with van der Waals surface area (Å²) in [5.74, 6) is 0.882. The minimum absolute atomic E-state index is 0.837. The fourth-order valence-corrected chi connectivity index (χ4v) is 2.05. The molecule has 0 aliphatic rings. The summed E-state index contributed by atoms with van der Waals surface area (Å²) >= 11 is 1.71. The van der Waals surface area contributed by atoms with Crippen molar-refractivity contribution in [2.45, 2.75) is 6.54 Å². The number of hydrogen-bond acceptors (Lipinski definition) is 3. The predicted molar refractivity (Wildman–Crippen MR) is 64.6 cm³/mol. The van der Waals surface area contributed by atoms with Gasteiger partial charge < -0.3 is 10.1 Å². The minimum Gasteiger partial charge on any atom is -0.495 e. The van der Waals surface area contributed by atoms with Gasteiger partial charge in [-0.05, 0) is 34.5 Å². The third kappa shape index (κ3) is 2.50. The van der Waals surface area contributed by atoms with Crippen molar-refractivity contribution in [2.24, 2.45) is 0 Å². The van der Waals surface area contributed by atoms with Gasteiger partial charge in [-0.25, -0.2) is 0 Å². The Bertz CT molecular complexity index is 411. The van der Waals surface area contributed by atoms with Crippen molar-refractivity contribution in [3.63, 3.8) is 0 Å². The van der Waals surface area contributed by atoms with Crippen LogP contribution in [0.15, 0.2) is 41.1 Å². The van der Waals surface area contributed by atoms with Crippen molar-refractivity contribution in [3.05, 3.63) is 46.7 Å². The molecule has 0 bridgehead atoms. The van der Waals surface area contributed by atoms with Crippen LogP contribution >= 0.6 is 11.3 Å². The molecule has 2 rings (SSSR count). The van der Waals surface area contributed by atoms with E-state index in [9.17, 15) is 0 Å². The summed E-state index contributed by atoms with van der Waals surface area (Å²) in [5.41, 5.74) is 2.33. The highest BCUT2D eigenvalue weighted by Crippen LogP contribution is 2.23. The van der Waals surface area contributed by atoms with Crippen LogP contribution in [0.3, 0.4) is 0 Å². The van der Waals surface area contributed by atoms with E-state index in [1.807, 2.05) is 24.3 Å². The second-order valence-electron chi connectivity index (χ2n) is 3.19. The number of benzene rings is 1. The maximum Gasteiger partial charge on any atom is 0.141 e. The molecular formula is C12H13NOS. The smallest absolute Gasteiger partial charge is 0.141 e. The van der Waals surface area contributed by atoms with E-state index in [0.29, 0.717) is 0 Å². The van der Waals surface area contributed by atoms with E-state index in [1.165, 1.54) is 5.56 Å². The van der Waals surface area contributed by atoms with Crippen LogP contribution in [0.5, 0.6) is 5.75 Å². The van der Waals surface area contributed by atoms with Gasteiger partial charge in [0, 0.05) is 6.54 Å². The molecule has 0 aliphatic heterocycles. The van der Waals surface area contributed by atoms with Crippen molar-refractivity contribution in [3.8, 4) is 5.75 Å². The Hall–Kier alpha value is -1.48. The van der Waals surface area contributed by atoms with Gasteiger partial charge in [-0.15, -0.1) is 0 Å². The topological polar surface area (TPSA) is 21.3 Å². The van der Waals surface area contributed by atoms with Crippen LogP contribution in [0.4, 0.5) is 5.69 Å². The first-order valence-electron chi connectivity index (χ1n) is 4.78. The summed E-state index contributed by atoms with van der Waals surface area (Å²) in [6.45, 7) is 0.837. The highest BCUT2D eigenvalue weighted by atomic mass is 32.1. The quantitative estimate of drug-likeness (QED) is 0.851. The van der Waals surface area contributed by atoms with Gasteiger partial charge in [0.05, 0.1) is 12.8 Å². The summed E-state index contributed by atoms with van der Waals surface area (Å²) in [7, 11) is 1.69. The van der Waals surface area contributed by atoms with Gasteiger partial charge in [-0.1, -0.05) is 12.1 Å². The molecule has 0 saturated heterocycles. The Morgan fingerprint density at radius 1 is 1.27 bits per heavy atom. The van der Waals surface area contributed by atoms with E-state index in [2.05, 4.69) is 22.1 Å². The fourth-order valence-electron chi connectivity index (χ4n) is 1.38. The summed E-state index contributed by atoms with van der Waals surface area (Å²) in [6, 6.07) is 10.1.